The van der Waals surface area contributed by atoms with Crippen LogP contribution in [-0.4, -0.2) is 16.5 Å². The SMILES string of the molecule is COc1ccc(-c2nc3ccc(Cl)cn3c2N)cc1F. The molecule has 2 N–H and O–H groups in total. The first-order valence-corrected chi connectivity index (χ1v) is 6.25. The molecule has 2 heterocycles. The standard InChI is InChI=1S/C14H11ClFN3O/c1-20-11-4-2-8(6-10(11)16)13-14(17)19-7-9(15)3-5-12(19)18-13/h2-7H,17H2,1H3. The van der Waals surface area contributed by atoms with Gasteiger partial charge in [-0.3, -0.25) is 4.40 Å². The van der Waals surface area contributed by atoms with Crippen LogP contribution in [0.4, 0.5) is 10.2 Å². The first-order chi connectivity index (χ1) is 9.60. The predicted octanol–water partition coefficient (Wildman–Crippen LogP) is 3.38. The molecule has 0 fully saturated rings. The number of benzene rings is 1. The van der Waals surface area contributed by atoms with E-state index in [2.05, 4.69) is 4.98 Å². The zero-order valence-electron chi connectivity index (χ0n) is 10.6. The Kier molecular flexibility index (Phi) is 2.99. The Morgan fingerprint density at radius 1 is 1.30 bits per heavy atom. The van der Waals surface area contributed by atoms with Crippen LogP contribution in [0.25, 0.3) is 16.9 Å². The Morgan fingerprint density at radius 3 is 2.80 bits per heavy atom. The topological polar surface area (TPSA) is 52.5 Å². The molecule has 3 rings (SSSR count). The average molecular weight is 292 g/mol. The van der Waals surface area contributed by atoms with Gasteiger partial charge in [0.15, 0.2) is 11.6 Å². The molecule has 3 aromatic rings. The zero-order chi connectivity index (χ0) is 14.3. The summed E-state index contributed by atoms with van der Waals surface area (Å²) in [5, 5.41) is 0.550. The summed E-state index contributed by atoms with van der Waals surface area (Å²) < 4.78 is 20.3. The highest BCUT2D eigenvalue weighted by molar-refractivity contribution is 6.30. The van der Waals surface area contributed by atoms with Crippen LogP contribution < -0.4 is 10.5 Å². The number of pyridine rings is 1. The number of imidazole rings is 1. The third-order valence-corrected chi connectivity index (χ3v) is 3.27. The van der Waals surface area contributed by atoms with Crippen LogP contribution in [0.5, 0.6) is 5.75 Å². The van der Waals surface area contributed by atoms with Gasteiger partial charge in [0.2, 0.25) is 0 Å². The number of fused-ring (bicyclic) bond motifs is 1. The maximum Gasteiger partial charge on any atom is 0.165 e. The fourth-order valence-electron chi connectivity index (χ4n) is 2.06. The van der Waals surface area contributed by atoms with Crippen molar-refractivity contribution in [3.8, 4) is 17.0 Å². The Labute approximate surface area is 119 Å². The van der Waals surface area contributed by atoms with Crippen molar-refractivity contribution in [2.24, 2.45) is 0 Å². The third kappa shape index (κ3) is 1.96. The fourth-order valence-corrected chi connectivity index (χ4v) is 2.22. The number of anilines is 1. The second-order valence-electron chi connectivity index (χ2n) is 4.27. The van der Waals surface area contributed by atoms with Gasteiger partial charge in [-0.2, -0.15) is 0 Å². The van der Waals surface area contributed by atoms with Crippen molar-refractivity contribution in [2.45, 2.75) is 0 Å². The minimum absolute atomic E-state index is 0.180. The van der Waals surface area contributed by atoms with Crippen molar-refractivity contribution in [1.29, 1.82) is 0 Å². The molecule has 0 aliphatic rings. The van der Waals surface area contributed by atoms with Gasteiger partial charge in [-0.15, -0.1) is 0 Å². The highest BCUT2D eigenvalue weighted by Gasteiger charge is 2.13. The molecule has 0 saturated carbocycles. The number of hydrogen-bond donors (Lipinski definition) is 1. The van der Waals surface area contributed by atoms with Crippen LogP contribution in [0.1, 0.15) is 0 Å². The minimum Gasteiger partial charge on any atom is -0.494 e. The van der Waals surface area contributed by atoms with E-state index in [1.807, 2.05) is 0 Å². The summed E-state index contributed by atoms with van der Waals surface area (Å²) in [4.78, 5) is 4.39. The lowest BCUT2D eigenvalue weighted by atomic mass is 10.1. The minimum atomic E-state index is -0.459. The van der Waals surface area contributed by atoms with E-state index in [0.717, 1.165) is 0 Å². The Morgan fingerprint density at radius 2 is 2.10 bits per heavy atom. The zero-order valence-corrected chi connectivity index (χ0v) is 11.4. The van der Waals surface area contributed by atoms with Crippen LogP contribution in [0.3, 0.4) is 0 Å². The van der Waals surface area contributed by atoms with Crippen LogP contribution >= 0.6 is 11.6 Å². The second-order valence-corrected chi connectivity index (χ2v) is 4.71. The van der Waals surface area contributed by atoms with Gasteiger partial charge >= 0.3 is 0 Å². The van der Waals surface area contributed by atoms with E-state index in [0.29, 0.717) is 27.7 Å². The van der Waals surface area contributed by atoms with Gasteiger partial charge in [-0.05, 0) is 30.3 Å². The summed E-state index contributed by atoms with van der Waals surface area (Å²) in [6.45, 7) is 0. The number of methoxy groups -OCH3 is 1. The van der Waals surface area contributed by atoms with E-state index >= 15 is 0 Å². The molecule has 0 amide bonds. The van der Waals surface area contributed by atoms with Gasteiger partial charge in [-0.1, -0.05) is 11.6 Å². The van der Waals surface area contributed by atoms with Crippen LogP contribution in [0, 0.1) is 5.82 Å². The van der Waals surface area contributed by atoms with E-state index < -0.39 is 5.82 Å². The van der Waals surface area contributed by atoms with E-state index in [4.69, 9.17) is 22.1 Å². The molecule has 102 valence electrons. The number of nitrogens with zero attached hydrogens (tertiary/aromatic N) is 2. The number of rotatable bonds is 2. The highest BCUT2D eigenvalue weighted by Crippen LogP contribution is 2.30. The summed E-state index contributed by atoms with van der Waals surface area (Å²) >= 11 is 5.93. The second kappa shape index (κ2) is 4.68. The molecule has 2 aromatic heterocycles. The predicted molar refractivity (Wildman–Crippen MR) is 76.6 cm³/mol. The van der Waals surface area contributed by atoms with Crippen LogP contribution in [0.2, 0.25) is 5.02 Å². The summed E-state index contributed by atoms with van der Waals surface area (Å²) in [6.07, 6.45) is 1.67. The summed E-state index contributed by atoms with van der Waals surface area (Å²) in [5.41, 5.74) is 7.79. The molecular weight excluding hydrogens is 281 g/mol. The molecule has 0 saturated heterocycles. The molecule has 4 nitrogen and oxygen atoms in total. The van der Waals surface area contributed by atoms with Gasteiger partial charge in [-0.25, -0.2) is 9.37 Å². The van der Waals surface area contributed by atoms with Gasteiger partial charge in [0.05, 0.1) is 12.1 Å². The number of halogens is 2. The van der Waals surface area contributed by atoms with Gasteiger partial charge in [0.25, 0.3) is 0 Å². The van der Waals surface area contributed by atoms with Gasteiger partial charge in [0, 0.05) is 11.8 Å². The summed E-state index contributed by atoms with van der Waals surface area (Å²) in [7, 11) is 1.42. The molecule has 0 radical (unpaired) electrons. The molecular formula is C14H11ClFN3O. The molecule has 20 heavy (non-hydrogen) atoms. The lowest BCUT2D eigenvalue weighted by molar-refractivity contribution is 0.386. The van der Waals surface area contributed by atoms with Gasteiger partial charge < -0.3 is 10.5 Å². The maximum atomic E-state index is 13.8. The fraction of sp³-hybridized carbons (Fsp3) is 0.0714. The highest BCUT2D eigenvalue weighted by atomic mass is 35.5. The monoisotopic (exact) mass is 291 g/mol. The lowest BCUT2D eigenvalue weighted by Crippen LogP contribution is -1.94. The Bertz CT molecular complexity index is 800. The van der Waals surface area contributed by atoms with Crippen molar-refractivity contribution in [1.82, 2.24) is 9.38 Å². The Balaban J connectivity index is 2.19. The van der Waals surface area contributed by atoms with E-state index in [-0.39, 0.29) is 5.75 Å². The van der Waals surface area contributed by atoms with E-state index in [1.54, 1.807) is 34.9 Å². The molecule has 0 spiro atoms. The number of ether oxygens (including phenoxy) is 1. The molecule has 0 unspecified atom stereocenters. The first-order valence-electron chi connectivity index (χ1n) is 5.87. The lowest BCUT2D eigenvalue weighted by Gasteiger charge is -2.04. The molecule has 1 aromatic carbocycles. The third-order valence-electron chi connectivity index (χ3n) is 3.04. The molecule has 0 bridgehead atoms. The van der Waals surface area contributed by atoms with E-state index in [9.17, 15) is 4.39 Å². The maximum absolute atomic E-state index is 13.8. The number of hydrogen-bond acceptors (Lipinski definition) is 3. The molecule has 0 atom stereocenters. The van der Waals surface area contributed by atoms with Crippen molar-refractivity contribution >= 4 is 23.1 Å². The van der Waals surface area contributed by atoms with Crippen LogP contribution in [-0.2, 0) is 0 Å². The average Bonchev–Trinajstić information content (AvgIpc) is 2.76. The molecule has 0 aliphatic carbocycles. The summed E-state index contributed by atoms with van der Waals surface area (Å²) in [6, 6.07) is 8.07. The number of nitrogen functional groups attached to an aromatic ring is 1. The van der Waals surface area contributed by atoms with Crippen molar-refractivity contribution in [3.05, 3.63) is 47.4 Å². The van der Waals surface area contributed by atoms with Crippen molar-refractivity contribution < 1.29 is 9.13 Å². The first kappa shape index (κ1) is 12.7. The number of aromatic nitrogens is 2. The molecule has 6 heteroatoms. The Hall–Kier alpha value is -2.27. The largest absolute Gasteiger partial charge is 0.494 e. The quantitative estimate of drug-likeness (QED) is 0.787. The normalized spacial score (nSPS) is 10.9. The van der Waals surface area contributed by atoms with E-state index in [1.165, 1.54) is 13.2 Å². The van der Waals surface area contributed by atoms with Crippen molar-refractivity contribution in [2.75, 3.05) is 12.8 Å². The smallest absolute Gasteiger partial charge is 0.165 e. The van der Waals surface area contributed by atoms with Crippen molar-refractivity contribution in [3.63, 3.8) is 0 Å². The summed E-state index contributed by atoms with van der Waals surface area (Å²) in [5.74, 6) is 0.130. The van der Waals surface area contributed by atoms with Crippen LogP contribution in [0.15, 0.2) is 36.5 Å². The van der Waals surface area contributed by atoms with Gasteiger partial charge in [0.1, 0.15) is 17.2 Å². The number of nitrogens with two attached hydrogens (primary N) is 1. The molecule has 0 aliphatic heterocycles.